The summed E-state index contributed by atoms with van der Waals surface area (Å²) in [6.45, 7) is 5.80. The number of hydrogen-bond donors (Lipinski definition) is 2. The molecule has 1 atom stereocenters. The fourth-order valence-electron chi connectivity index (χ4n) is 2.26. The van der Waals surface area contributed by atoms with Crippen LogP contribution in [0.15, 0.2) is 48.5 Å². The van der Waals surface area contributed by atoms with Crippen molar-refractivity contribution in [3.05, 3.63) is 65.2 Å². The first-order chi connectivity index (χ1) is 11.4. The molecule has 0 saturated heterocycles. The van der Waals surface area contributed by atoms with Crippen LogP contribution >= 0.6 is 0 Å². The van der Waals surface area contributed by atoms with Crippen molar-refractivity contribution in [2.75, 3.05) is 0 Å². The Bertz CT molecular complexity index is 722. The second-order valence-corrected chi connectivity index (χ2v) is 5.82. The van der Waals surface area contributed by atoms with Crippen LogP contribution in [0.1, 0.15) is 53.1 Å². The summed E-state index contributed by atoms with van der Waals surface area (Å²) in [4.78, 5) is 23.1. The fraction of sp³-hybridized carbons (Fsp3) is 0.263. The van der Waals surface area contributed by atoms with Crippen LogP contribution in [0.25, 0.3) is 0 Å². The Morgan fingerprint density at radius 3 is 2.21 bits per heavy atom. The van der Waals surface area contributed by atoms with Crippen molar-refractivity contribution in [2.24, 2.45) is 0 Å². The van der Waals surface area contributed by atoms with Gasteiger partial charge in [0.05, 0.1) is 17.7 Å². The molecule has 0 aliphatic heterocycles. The Morgan fingerprint density at radius 2 is 1.62 bits per heavy atom. The molecule has 0 fully saturated rings. The average molecular weight is 327 g/mol. The third-order valence-electron chi connectivity index (χ3n) is 3.47. The van der Waals surface area contributed by atoms with Gasteiger partial charge in [-0.2, -0.15) is 0 Å². The number of amides is 1. The zero-order chi connectivity index (χ0) is 17.7. The summed E-state index contributed by atoms with van der Waals surface area (Å²) < 4.78 is 5.66. The second-order valence-electron chi connectivity index (χ2n) is 5.82. The molecule has 126 valence electrons. The second kappa shape index (κ2) is 7.64. The Hall–Kier alpha value is -2.82. The predicted molar refractivity (Wildman–Crippen MR) is 91.5 cm³/mol. The van der Waals surface area contributed by atoms with Crippen LogP contribution in [-0.2, 0) is 0 Å². The number of nitrogens with one attached hydrogen (secondary N) is 1. The number of carboxylic acids is 1. The third kappa shape index (κ3) is 4.59. The van der Waals surface area contributed by atoms with Crippen LogP contribution in [-0.4, -0.2) is 23.1 Å². The Labute approximate surface area is 141 Å². The SMILES string of the molecule is CC(C)Oc1cccc(C(C)NC(=O)c2ccc(C(=O)O)cc2)c1. The van der Waals surface area contributed by atoms with Crippen LogP contribution < -0.4 is 10.1 Å². The highest BCUT2D eigenvalue weighted by Crippen LogP contribution is 2.20. The summed E-state index contributed by atoms with van der Waals surface area (Å²) in [7, 11) is 0. The first kappa shape index (κ1) is 17.5. The number of rotatable bonds is 6. The summed E-state index contributed by atoms with van der Waals surface area (Å²) in [5.41, 5.74) is 1.50. The van der Waals surface area contributed by atoms with E-state index in [0.29, 0.717) is 5.56 Å². The minimum absolute atomic E-state index is 0.0814. The number of carboxylic acid groups (broad SMARTS) is 1. The zero-order valence-corrected chi connectivity index (χ0v) is 13.9. The van der Waals surface area contributed by atoms with E-state index in [0.717, 1.165) is 11.3 Å². The van der Waals surface area contributed by atoms with E-state index in [1.54, 1.807) is 0 Å². The molecule has 2 aromatic rings. The van der Waals surface area contributed by atoms with Crippen LogP contribution in [0.5, 0.6) is 5.75 Å². The summed E-state index contributed by atoms with van der Waals surface area (Å²) in [6, 6.07) is 13.2. The van der Waals surface area contributed by atoms with Crippen LogP contribution in [0.2, 0.25) is 0 Å². The first-order valence-corrected chi connectivity index (χ1v) is 7.77. The lowest BCUT2D eigenvalue weighted by atomic mass is 10.1. The molecule has 5 nitrogen and oxygen atoms in total. The summed E-state index contributed by atoms with van der Waals surface area (Å²) in [6.07, 6.45) is 0.0814. The van der Waals surface area contributed by atoms with E-state index in [1.165, 1.54) is 24.3 Å². The molecular weight excluding hydrogens is 306 g/mol. The molecule has 5 heteroatoms. The highest BCUT2D eigenvalue weighted by atomic mass is 16.5. The van der Waals surface area contributed by atoms with Gasteiger partial charge in [0.1, 0.15) is 5.75 Å². The van der Waals surface area contributed by atoms with E-state index in [2.05, 4.69) is 5.32 Å². The molecule has 0 aliphatic carbocycles. The Kier molecular flexibility index (Phi) is 5.58. The lowest BCUT2D eigenvalue weighted by Gasteiger charge is -2.16. The smallest absolute Gasteiger partial charge is 0.335 e. The normalized spacial score (nSPS) is 11.8. The van der Waals surface area contributed by atoms with Gasteiger partial charge in [-0.15, -0.1) is 0 Å². The summed E-state index contributed by atoms with van der Waals surface area (Å²) >= 11 is 0. The fourth-order valence-corrected chi connectivity index (χ4v) is 2.26. The van der Waals surface area contributed by atoms with Crippen molar-refractivity contribution in [1.29, 1.82) is 0 Å². The molecule has 2 aromatic carbocycles. The number of hydrogen-bond acceptors (Lipinski definition) is 3. The van der Waals surface area contributed by atoms with Gasteiger partial charge in [0, 0.05) is 5.56 Å². The number of carbonyl (C=O) groups is 2. The van der Waals surface area contributed by atoms with Gasteiger partial charge in [-0.05, 0) is 62.7 Å². The molecular formula is C19H21NO4. The van der Waals surface area contributed by atoms with E-state index < -0.39 is 5.97 Å². The maximum absolute atomic E-state index is 12.3. The number of aromatic carboxylic acids is 1. The maximum Gasteiger partial charge on any atom is 0.335 e. The third-order valence-corrected chi connectivity index (χ3v) is 3.47. The van der Waals surface area contributed by atoms with Gasteiger partial charge in [0.15, 0.2) is 0 Å². The molecule has 0 bridgehead atoms. The topological polar surface area (TPSA) is 75.6 Å². The standard InChI is InChI=1S/C19H21NO4/c1-12(2)24-17-6-4-5-16(11-17)13(3)20-18(21)14-7-9-15(10-8-14)19(22)23/h4-13H,1-3H3,(H,20,21)(H,22,23). The van der Waals surface area contributed by atoms with E-state index in [-0.39, 0.29) is 23.6 Å². The Morgan fingerprint density at radius 1 is 1.00 bits per heavy atom. The molecule has 1 unspecified atom stereocenters. The minimum atomic E-state index is -1.02. The molecule has 0 aromatic heterocycles. The summed E-state index contributed by atoms with van der Waals surface area (Å²) in [5, 5.41) is 11.8. The largest absolute Gasteiger partial charge is 0.491 e. The van der Waals surface area contributed by atoms with Gasteiger partial charge < -0.3 is 15.2 Å². The van der Waals surface area contributed by atoms with Crippen molar-refractivity contribution in [1.82, 2.24) is 5.32 Å². The van der Waals surface area contributed by atoms with Crippen molar-refractivity contribution in [2.45, 2.75) is 32.9 Å². The predicted octanol–water partition coefficient (Wildman–Crippen LogP) is 3.66. The van der Waals surface area contributed by atoms with Gasteiger partial charge in [-0.25, -0.2) is 4.79 Å². The Balaban J connectivity index is 2.07. The van der Waals surface area contributed by atoms with Crippen molar-refractivity contribution in [3.63, 3.8) is 0 Å². The molecule has 0 radical (unpaired) electrons. The van der Waals surface area contributed by atoms with Crippen LogP contribution in [0.3, 0.4) is 0 Å². The average Bonchev–Trinajstić information content (AvgIpc) is 2.54. The maximum atomic E-state index is 12.3. The highest BCUT2D eigenvalue weighted by Gasteiger charge is 2.13. The lowest BCUT2D eigenvalue weighted by molar-refractivity contribution is 0.0696. The molecule has 0 aliphatic rings. The van der Waals surface area contributed by atoms with Gasteiger partial charge in [-0.3, -0.25) is 4.79 Å². The van der Waals surface area contributed by atoms with Gasteiger partial charge in [0.2, 0.25) is 0 Å². The lowest BCUT2D eigenvalue weighted by Crippen LogP contribution is -2.26. The summed E-state index contributed by atoms with van der Waals surface area (Å²) in [5.74, 6) is -0.513. The van der Waals surface area contributed by atoms with Crippen molar-refractivity contribution >= 4 is 11.9 Å². The number of ether oxygens (including phenoxy) is 1. The molecule has 2 rings (SSSR count). The molecule has 2 N–H and O–H groups in total. The van der Waals surface area contributed by atoms with E-state index in [1.807, 2.05) is 45.0 Å². The van der Waals surface area contributed by atoms with Crippen LogP contribution in [0, 0.1) is 0 Å². The number of carbonyl (C=O) groups excluding carboxylic acids is 1. The van der Waals surface area contributed by atoms with Gasteiger partial charge in [0.25, 0.3) is 5.91 Å². The molecule has 0 saturated carbocycles. The van der Waals surface area contributed by atoms with E-state index >= 15 is 0 Å². The first-order valence-electron chi connectivity index (χ1n) is 7.77. The highest BCUT2D eigenvalue weighted by molar-refractivity contribution is 5.96. The van der Waals surface area contributed by atoms with E-state index in [9.17, 15) is 9.59 Å². The van der Waals surface area contributed by atoms with Gasteiger partial charge in [-0.1, -0.05) is 12.1 Å². The minimum Gasteiger partial charge on any atom is -0.491 e. The quantitative estimate of drug-likeness (QED) is 0.849. The van der Waals surface area contributed by atoms with Crippen molar-refractivity contribution in [3.8, 4) is 5.75 Å². The molecule has 0 heterocycles. The zero-order valence-electron chi connectivity index (χ0n) is 13.9. The molecule has 24 heavy (non-hydrogen) atoms. The van der Waals surface area contributed by atoms with Crippen LogP contribution in [0.4, 0.5) is 0 Å². The van der Waals surface area contributed by atoms with E-state index in [4.69, 9.17) is 9.84 Å². The van der Waals surface area contributed by atoms with Gasteiger partial charge >= 0.3 is 5.97 Å². The molecule has 0 spiro atoms. The molecule has 1 amide bonds. The number of benzene rings is 2. The van der Waals surface area contributed by atoms with Crippen molar-refractivity contribution < 1.29 is 19.4 Å². The monoisotopic (exact) mass is 327 g/mol.